The number of carbonyl (C=O) groups is 1. The number of halogens is 1. The van der Waals surface area contributed by atoms with Gasteiger partial charge in [-0.05, 0) is 31.5 Å². The van der Waals surface area contributed by atoms with Crippen molar-refractivity contribution in [3.8, 4) is 0 Å². The molecule has 25 heavy (non-hydrogen) atoms. The Kier molecular flexibility index (Phi) is 5.50. The van der Waals surface area contributed by atoms with Gasteiger partial charge in [0.2, 0.25) is 17.2 Å². The van der Waals surface area contributed by atoms with Crippen molar-refractivity contribution < 1.29 is 38.0 Å². The highest BCUT2D eigenvalue weighted by Crippen LogP contribution is 2.45. The zero-order valence-electron chi connectivity index (χ0n) is 14.9. The fourth-order valence-corrected chi connectivity index (χ4v) is 2.75. The number of carbonyl (C=O) groups excluding carboxylic acids is 1. The molecule has 0 aromatic heterocycles. The fourth-order valence-electron chi connectivity index (χ4n) is 2.75. The molecule has 1 heterocycles. The predicted octanol–water partition coefficient (Wildman–Crippen LogP) is 1.54. The Morgan fingerprint density at radius 3 is 2.20 bits per heavy atom. The van der Waals surface area contributed by atoms with E-state index in [9.17, 15) is 14.3 Å². The number of ether oxygens (including phenoxy) is 5. The average Bonchev–Trinajstić information content (AvgIpc) is 2.63. The minimum absolute atomic E-state index is 0.259. The molecule has 1 aromatic rings. The van der Waals surface area contributed by atoms with E-state index in [1.54, 1.807) is 6.92 Å². The third kappa shape index (κ3) is 3.16. The van der Waals surface area contributed by atoms with E-state index >= 15 is 0 Å². The zero-order chi connectivity index (χ0) is 18.9. The van der Waals surface area contributed by atoms with Crippen molar-refractivity contribution in [3.05, 3.63) is 35.6 Å². The Balaban J connectivity index is 2.49. The lowest BCUT2D eigenvalue weighted by Crippen LogP contribution is -2.70. The maximum absolute atomic E-state index is 13.2. The minimum Gasteiger partial charge on any atom is -0.467 e. The van der Waals surface area contributed by atoms with Crippen LogP contribution in [0.3, 0.4) is 0 Å². The van der Waals surface area contributed by atoms with Gasteiger partial charge in [-0.25, -0.2) is 9.18 Å². The molecule has 1 aromatic carbocycles. The van der Waals surface area contributed by atoms with Crippen LogP contribution in [0.1, 0.15) is 25.5 Å². The van der Waals surface area contributed by atoms with Crippen LogP contribution >= 0.6 is 0 Å². The lowest BCUT2D eigenvalue weighted by Gasteiger charge is -2.53. The summed E-state index contributed by atoms with van der Waals surface area (Å²) in [5.74, 6) is -4.19. The van der Waals surface area contributed by atoms with E-state index in [2.05, 4.69) is 0 Å². The molecule has 0 bridgehead atoms. The van der Waals surface area contributed by atoms with Crippen LogP contribution in [0.25, 0.3) is 0 Å². The second-order valence-electron chi connectivity index (χ2n) is 6.03. The number of aliphatic hydroxyl groups excluding tert-OH is 1. The zero-order valence-corrected chi connectivity index (χ0v) is 14.9. The standard InChI is InChI=1S/C17H23FO7/c1-15(22-4)16(2,23-5)25-17(10-24-15,14(20)21-3)13(19)11-6-8-12(18)9-7-11/h6-9,13,19H,10H2,1-5H3/t13-,15+,16+,17+/m0/s1. The van der Waals surface area contributed by atoms with Gasteiger partial charge in [-0.1, -0.05) is 12.1 Å². The quantitative estimate of drug-likeness (QED) is 0.800. The van der Waals surface area contributed by atoms with Crippen molar-refractivity contribution in [1.29, 1.82) is 0 Å². The first-order valence-corrected chi connectivity index (χ1v) is 7.64. The largest absolute Gasteiger partial charge is 0.467 e. The number of methoxy groups -OCH3 is 3. The second-order valence-corrected chi connectivity index (χ2v) is 6.03. The van der Waals surface area contributed by atoms with Gasteiger partial charge in [-0.3, -0.25) is 0 Å². The molecule has 1 fully saturated rings. The van der Waals surface area contributed by atoms with Gasteiger partial charge in [0, 0.05) is 14.2 Å². The normalized spacial score (nSPS) is 33.7. The number of rotatable bonds is 5. The summed E-state index contributed by atoms with van der Waals surface area (Å²) in [4.78, 5) is 12.5. The second kappa shape index (κ2) is 6.97. The van der Waals surface area contributed by atoms with Crippen molar-refractivity contribution in [3.63, 3.8) is 0 Å². The van der Waals surface area contributed by atoms with Crippen molar-refractivity contribution in [1.82, 2.24) is 0 Å². The third-order valence-electron chi connectivity index (χ3n) is 4.70. The van der Waals surface area contributed by atoms with Crippen LogP contribution in [0.5, 0.6) is 0 Å². The Morgan fingerprint density at radius 2 is 1.72 bits per heavy atom. The molecule has 2 rings (SSSR count). The summed E-state index contributed by atoms with van der Waals surface area (Å²) in [6.07, 6.45) is -1.49. The summed E-state index contributed by atoms with van der Waals surface area (Å²) in [6, 6.07) is 5.04. The van der Waals surface area contributed by atoms with E-state index in [1.807, 2.05) is 0 Å². The summed E-state index contributed by atoms with van der Waals surface area (Å²) in [5, 5.41) is 10.8. The lowest BCUT2D eigenvalue weighted by atomic mass is 9.88. The molecule has 4 atom stereocenters. The highest BCUT2D eigenvalue weighted by molar-refractivity contribution is 5.81. The van der Waals surface area contributed by atoms with E-state index in [4.69, 9.17) is 23.7 Å². The average molecular weight is 358 g/mol. The smallest absolute Gasteiger partial charge is 0.343 e. The van der Waals surface area contributed by atoms with E-state index in [0.29, 0.717) is 0 Å². The molecule has 140 valence electrons. The van der Waals surface area contributed by atoms with Gasteiger partial charge < -0.3 is 28.8 Å². The van der Waals surface area contributed by atoms with Crippen LogP contribution < -0.4 is 0 Å². The Labute approximate surface area is 145 Å². The molecular weight excluding hydrogens is 335 g/mol. The summed E-state index contributed by atoms with van der Waals surface area (Å²) in [6.45, 7) is 2.74. The molecule has 0 amide bonds. The highest BCUT2D eigenvalue weighted by atomic mass is 19.1. The van der Waals surface area contributed by atoms with E-state index < -0.39 is 35.1 Å². The molecule has 0 saturated carbocycles. The van der Waals surface area contributed by atoms with Crippen LogP contribution in [-0.2, 0) is 28.5 Å². The molecule has 1 aliphatic heterocycles. The minimum atomic E-state index is -1.92. The van der Waals surface area contributed by atoms with Crippen molar-refractivity contribution in [2.24, 2.45) is 0 Å². The third-order valence-corrected chi connectivity index (χ3v) is 4.70. The molecule has 1 aliphatic rings. The summed E-state index contributed by atoms with van der Waals surface area (Å²) in [5.41, 5.74) is -1.66. The van der Waals surface area contributed by atoms with Crippen molar-refractivity contribution >= 4 is 5.97 Å². The number of aliphatic hydroxyl groups is 1. The predicted molar refractivity (Wildman–Crippen MR) is 84.0 cm³/mol. The molecule has 7 nitrogen and oxygen atoms in total. The maximum atomic E-state index is 13.2. The fraction of sp³-hybridized carbons (Fsp3) is 0.588. The monoisotopic (exact) mass is 358 g/mol. The van der Waals surface area contributed by atoms with Crippen LogP contribution in [-0.4, -0.2) is 56.2 Å². The van der Waals surface area contributed by atoms with Crippen molar-refractivity contribution in [2.45, 2.75) is 37.1 Å². The summed E-state index contributed by atoms with van der Waals surface area (Å²) < 4.78 is 40.4. The van der Waals surface area contributed by atoms with E-state index in [0.717, 1.165) is 0 Å². The Morgan fingerprint density at radius 1 is 1.16 bits per heavy atom. The van der Waals surface area contributed by atoms with Crippen LogP contribution in [0.15, 0.2) is 24.3 Å². The molecule has 1 N–H and O–H groups in total. The topological polar surface area (TPSA) is 83.5 Å². The van der Waals surface area contributed by atoms with Gasteiger partial charge in [0.25, 0.3) is 0 Å². The maximum Gasteiger partial charge on any atom is 0.343 e. The van der Waals surface area contributed by atoms with Crippen molar-refractivity contribution in [2.75, 3.05) is 27.9 Å². The van der Waals surface area contributed by atoms with Crippen LogP contribution in [0.2, 0.25) is 0 Å². The van der Waals surface area contributed by atoms with E-state index in [-0.39, 0.29) is 12.2 Å². The van der Waals surface area contributed by atoms with Gasteiger partial charge in [0.05, 0.1) is 13.7 Å². The lowest BCUT2D eigenvalue weighted by molar-refractivity contribution is -0.453. The van der Waals surface area contributed by atoms with Gasteiger partial charge in [-0.2, -0.15) is 0 Å². The van der Waals surface area contributed by atoms with Gasteiger partial charge in [-0.15, -0.1) is 0 Å². The Bertz CT molecular complexity index is 622. The van der Waals surface area contributed by atoms with Crippen LogP contribution in [0.4, 0.5) is 4.39 Å². The molecule has 8 heteroatoms. The number of hydrogen-bond acceptors (Lipinski definition) is 7. The van der Waals surface area contributed by atoms with Gasteiger partial charge in [0.1, 0.15) is 11.9 Å². The first-order chi connectivity index (χ1) is 11.7. The first-order valence-electron chi connectivity index (χ1n) is 7.64. The summed E-state index contributed by atoms with van der Waals surface area (Å²) in [7, 11) is 3.93. The summed E-state index contributed by atoms with van der Waals surface area (Å²) >= 11 is 0. The molecular formula is C17H23FO7. The van der Waals surface area contributed by atoms with E-state index in [1.165, 1.54) is 52.5 Å². The van der Waals surface area contributed by atoms with Gasteiger partial charge >= 0.3 is 5.97 Å². The highest BCUT2D eigenvalue weighted by Gasteiger charge is 2.64. The number of benzene rings is 1. The molecule has 0 radical (unpaired) electrons. The molecule has 0 spiro atoms. The molecule has 0 unspecified atom stereocenters. The van der Waals surface area contributed by atoms with Crippen LogP contribution in [0, 0.1) is 5.82 Å². The molecule has 0 aliphatic carbocycles. The number of esters is 1. The van der Waals surface area contributed by atoms with Gasteiger partial charge in [0.15, 0.2) is 0 Å². The SMILES string of the molecule is COC(=O)[C@]1([C@@H](O)c2ccc(F)cc2)CO[C@@](C)(OC)[C@](C)(OC)O1. The Hall–Kier alpha value is -1.58. The number of hydrogen-bond donors (Lipinski definition) is 1. The molecule has 1 saturated heterocycles. The first kappa shape index (κ1) is 19.7.